The van der Waals surface area contributed by atoms with E-state index in [0.29, 0.717) is 0 Å². The number of unbranched alkanes of at least 4 members (excludes halogenated alkanes) is 1. The number of H-pyrrole nitrogens is 1. The second-order valence-electron chi connectivity index (χ2n) is 7.78. The van der Waals surface area contributed by atoms with Crippen LogP contribution in [0.4, 0.5) is 0 Å². The van der Waals surface area contributed by atoms with Crippen LogP contribution in [0.5, 0.6) is 0 Å². The van der Waals surface area contributed by atoms with Crippen molar-refractivity contribution < 1.29 is 14.3 Å². The van der Waals surface area contributed by atoms with Crippen LogP contribution in [0.15, 0.2) is 30.5 Å². The van der Waals surface area contributed by atoms with E-state index in [1.807, 2.05) is 12.3 Å². The molecule has 2 N–H and O–H groups in total. The predicted octanol–water partition coefficient (Wildman–Crippen LogP) is 2.83. The quantitative estimate of drug-likeness (QED) is 0.686. The first kappa shape index (κ1) is 19.4. The van der Waals surface area contributed by atoms with Crippen molar-refractivity contribution in [2.45, 2.75) is 50.9 Å². The molecule has 4 rings (SSSR count). The second-order valence-corrected chi connectivity index (χ2v) is 7.78. The first-order valence-electron chi connectivity index (χ1n) is 10.6. The summed E-state index contributed by atoms with van der Waals surface area (Å²) in [4.78, 5) is 18.2. The van der Waals surface area contributed by atoms with Crippen molar-refractivity contribution >= 4 is 16.8 Å². The van der Waals surface area contributed by atoms with Crippen molar-refractivity contribution in [2.24, 2.45) is 0 Å². The molecule has 2 atom stereocenters. The molecule has 2 aromatic rings. The topological polar surface area (TPSA) is 66.6 Å². The first-order chi connectivity index (χ1) is 13.8. The van der Waals surface area contributed by atoms with Gasteiger partial charge in [-0.3, -0.25) is 9.69 Å². The van der Waals surface area contributed by atoms with Crippen LogP contribution in [0, 0.1) is 0 Å². The number of hydrogen-bond acceptors (Lipinski definition) is 4. The van der Waals surface area contributed by atoms with Gasteiger partial charge in [-0.15, -0.1) is 0 Å². The van der Waals surface area contributed by atoms with E-state index < -0.39 is 0 Å². The number of aromatic nitrogens is 1. The van der Waals surface area contributed by atoms with E-state index in [0.717, 1.165) is 70.5 Å². The molecule has 0 radical (unpaired) electrons. The van der Waals surface area contributed by atoms with E-state index in [9.17, 15) is 4.79 Å². The average Bonchev–Trinajstić information content (AvgIpc) is 3.14. The summed E-state index contributed by atoms with van der Waals surface area (Å²) < 4.78 is 11.4. The number of para-hydroxylation sites is 1. The molecule has 1 aromatic heterocycles. The van der Waals surface area contributed by atoms with Gasteiger partial charge in [-0.25, -0.2) is 0 Å². The molecular weight excluding hydrogens is 354 g/mol. The number of amides is 1. The highest BCUT2D eigenvalue weighted by molar-refractivity contribution is 5.86. The summed E-state index contributed by atoms with van der Waals surface area (Å²) in [6, 6.07) is 8.18. The molecule has 152 valence electrons. The molecule has 6 heteroatoms. The number of fused-ring (bicyclic) bond motifs is 1. The number of aromatic amines is 1. The Morgan fingerprint density at radius 2 is 2.14 bits per heavy atom. The normalized spacial score (nSPS) is 23.8. The minimum Gasteiger partial charge on any atom is -0.361 e. The fourth-order valence-electron chi connectivity index (χ4n) is 4.23. The van der Waals surface area contributed by atoms with Crippen molar-refractivity contribution in [2.75, 3.05) is 32.8 Å². The van der Waals surface area contributed by atoms with Gasteiger partial charge in [0.05, 0.1) is 6.04 Å². The molecule has 0 aliphatic carbocycles. The third-order valence-electron chi connectivity index (χ3n) is 5.81. The minimum absolute atomic E-state index is 0.0101. The standard InChI is InChI=1S/C22H31N3O3/c26-22-20(15-17-16-24-19-8-2-1-7-18(17)19)25(12-10-23-22)11-4-6-14-28-21-9-3-5-13-27-21/h1-2,7-8,16,20-21,24H,3-6,9-15H2,(H,23,26)/t20-,21?/m0/s1. The van der Waals surface area contributed by atoms with Crippen LogP contribution < -0.4 is 5.32 Å². The summed E-state index contributed by atoms with van der Waals surface area (Å²) in [7, 11) is 0. The molecule has 1 aromatic carbocycles. The Kier molecular flexibility index (Phi) is 6.62. The van der Waals surface area contributed by atoms with Crippen LogP contribution in [0.1, 0.15) is 37.7 Å². The molecule has 2 aliphatic rings. The van der Waals surface area contributed by atoms with E-state index in [4.69, 9.17) is 9.47 Å². The Bertz CT molecular complexity index is 769. The molecule has 28 heavy (non-hydrogen) atoms. The molecule has 2 aliphatic heterocycles. The van der Waals surface area contributed by atoms with Crippen LogP contribution in [-0.2, 0) is 20.7 Å². The Morgan fingerprint density at radius 1 is 1.21 bits per heavy atom. The lowest BCUT2D eigenvalue weighted by molar-refractivity contribution is -0.162. The highest BCUT2D eigenvalue weighted by Gasteiger charge is 2.30. The maximum atomic E-state index is 12.6. The van der Waals surface area contributed by atoms with Crippen molar-refractivity contribution in [3.05, 3.63) is 36.0 Å². The van der Waals surface area contributed by atoms with Crippen molar-refractivity contribution in [3.63, 3.8) is 0 Å². The number of nitrogens with zero attached hydrogens (tertiary/aromatic N) is 1. The van der Waals surface area contributed by atoms with Gasteiger partial charge < -0.3 is 19.8 Å². The largest absolute Gasteiger partial charge is 0.361 e. The van der Waals surface area contributed by atoms with Crippen LogP contribution >= 0.6 is 0 Å². The Balaban J connectivity index is 1.28. The summed E-state index contributed by atoms with van der Waals surface area (Å²) in [5, 5.41) is 4.25. The summed E-state index contributed by atoms with van der Waals surface area (Å²) in [6.07, 6.45) is 8.16. The second kappa shape index (κ2) is 9.54. The highest BCUT2D eigenvalue weighted by atomic mass is 16.7. The molecule has 1 unspecified atom stereocenters. The summed E-state index contributed by atoms with van der Waals surface area (Å²) in [5.74, 6) is 0.142. The predicted molar refractivity (Wildman–Crippen MR) is 109 cm³/mol. The molecular formula is C22H31N3O3. The zero-order valence-corrected chi connectivity index (χ0v) is 16.5. The highest BCUT2D eigenvalue weighted by Crippen LogP contribution is 2.22. The number of carbonyl (C=O) groups is 1. The van der Waals surface area contributed by atoms with Gasteiger partial charge in [0.2, 0.25) is 5.91 Å². The molecule has 0 saturated carbocycles. The SMILES string of the molecule is O=C1NCCN(CCCCOC2CCCCO2)[C@H]1Cc1c[nH]c2ccccc12. The zero-order valence-electron chi connectivity index (χ0n) is 16.5. The lowest BCUT2D eigenvalue weighted by atomic mass is 10.0. The molecule has 0 bridgehead atoms. The maximum absolute atomic E-state index is 12.6. The molecule has 2 fully saturated rings. The number of piperazine rings is 1. The maximum Gasteiger partial charge on any atom is 0.237 e. The van der Waals surface area contributed by atoms with Crippen LogP contribution in [0.25, 0.3) is 10.9 Å². The molecule has 2 saturated heterocycles. The minimum atomic E-state index is -0.101. The fourth-order valence-corrected chi connectivity index (χ4v) is 4.23. The van der Waals surface area contributed by atoms with Crippen molar-refractivity contribution in [1.29, 1.82) is 0 Å². The number of ether oxygens (including phenoxy) is 2. The number of carbonyl (C=O) groups excluding carboxylic acids is 1. The Morgan fingerprint density at radius 3 is 3.04 bits per heavy atom. The van der Waals surface area contributed by atoms with Gasteiger partial charge in [0.25, 0.3) is 0 Å². The van der Waals surface area contributed by atoms with Gasteiger partial charge in [0.15, 0.2) is 6.29 Å². The van der Waals surface area contributed by atoms with Crippen LogP contribution in [0.3, 0.4) is 0 Å². The van der Waals surface area contributed by atoms with Gasteiger partial charge in [0, 0.05) is 43.4 Å². The third-order valence-corrected chi connectivity index (χ3v) is 5.81. The molecule has 6 nitrogen and oxygen atoms in total. The zero-order chi connectivity index (χ0) is 19.2. The van der Waals surface area contributed by atoms with E-state index in [1.54, 1.807) is 0 Å². The van der Waals surface area contributed by atoms with Gasteiger partial charge in [0.1, 0.15) is 0 Å². The van der Waals surface area contributed by atoms with Crippen LogP contribution in [-0.4, -0.2) is 61.0 Å². The summed E-state index contributed by atoms with van der Waals surface area (Å²) in [5.41, 5.74) is 2.34. The molecule has 1 amide bonds. The summed E-state index contributed by atoms with van der Waals surface area (Å²) in [6.45, 7) is 4.12. The number of nitrogens with one attached hydrogen (secondary N) is 2. The lowest BCUT2D eigenvalue weighted by Gasteiger charge is -2.35. The number of benzene rings is 1. The molecule has 3 heterocycles. The monoisotopic (exact) mass is 385 g/mol. The molecule has 0 spiro atoms. The van der Waals surface area contributed by atoms with E-state index in [2.05, 4.69) is 33.4 Å². The lowest BCUT2D eigenvalue weighted by Crippen LogP contribution is -2.56. The third kappa shape index (κ3) is 4.74. The average molecular weight is 386 g/mol. The van der Waals surface area contributed by atoms with Gasteiger partial charge in [-0.05, 0) is 56.7 Å². The van der Waals surface area contributed by atoms with E-state index in [-0.39, 0.29) is 18.2 Å². The smallest absolute Gasteiger partial charge is 0.237 e. The van der Waals surface area contributed by atoms with E-state index in [1.165, 1.54) is 17.4 Å². The van der Waals surface area contributed by atoms with Crippen molar-refractivity contribution in [3.8, 4) is 0 Å². The Labute approximate surface area is 166 Å². The number of hydrogen-bond donors (Lipinski definition) is 2. The fraction of sp³-hybridized carbons (Fsp3) is 0.591. The number of rotatable bonds is 8. The van der Waals surface area contributed by atoms with Gasteiger partial charge >= 0.3 is 0 Å². The first-order valence-corrected chi connectivity index (χ1v) is 10.6. The van der Waals surface area contributed by atoms with Gasteiger partial charge in [-0.2, -0.15) is 0 Å². The van der Waals surface area contributed by atoms with Gasteiger partial charge in [-0.1, -0.05) is 18.2 Å². The Hall–Kier alpha value is -1.89. The van der Waals surface area contributed by atoms with E-state index >= 15 is 0 Å². The van der Waals surface area contributed by atoms with Crippen LogP contribution in [0.2, 0.25) is 0 Å². The van der Waals surface area contributed by atoms with Crippen molar-refractivity contribution in [1.82, 2.24) is 15.2 Å². The summed E-state index contributed by atoms with van der Waals surface area (Å²) >= 11 is 0.